The Morgan fingerprint density at radius 1 is 1.20 bits per heavy atom. The minimum Gasteiger partial charge on any atom is -0.349 e. The highest BCUT2D eigenvalue weighted by Gasteiger charge is 2.24. The summed E-state index contributed by atoms with van der Waals surface area (Å²) in [5.41, 5.74) is 1.39. The van der Waals surface area contributed by atoms with Gasteiger partial charge < -0.3 is 16.0 Å². The molecule has 2 aliphatic rings. The number of amides is 2. The van der Waals surface area contributed by atoms with Crippen LogP contribution in [-0.4, -0.2) is 30.9 Å². The number of halogens is 1. The Hall–Kier alpha value is -1.59. The maximum Gasteiger partial charge on any atom is 0.251 e. The number of nitrogens with one attached hydrogen (secondary N) is 3. The number of benzene rings is 1. The summed E-state index contributed by atoms with van der Waals surface area (Å²) in [5, 5.41) is 9.30. The number of carbonyl (C=O) groups is 2. The smallest absolute Gasteiger partial charge is 0.251 e. The molecular formula is C19H28ClN3O2. The molecule has 1 aromatic carbocycles. The molecule has 2 atom stereocenters. The van der Waals surface area contributed by atoms with E-state index in [0.717, 1.165) is 31.6 Å². The number of rotatable bonds is 6. The highest BCUT2D eigenvalue weighted by atomic mass is 35.5. The van der Waals surface area contributed by atoms with Crippen LogP contribution >= 0.6 is 12.4 Å². The molecule has 3 N–H and O–H groups in total. The molecule has 1 aliphatic carbocycles. The van der Waals surface area contributed by atoms with Crippen LogP contribution in [-0.2, 0) is 4.79 Å². The summed E-state index contributed by atoms with van der Waals surface area (Å²) in [5.74, 6) is 0.969. The SMILES string of the molecule is CC(CC(=O)Nc1ccc(C(=O)NC2CC2)cc1)C1CCCNC1.Cl. The van der Waals surface area contributed by atoms with Gasteiger partial charge in [0.2, 0.25) is 5.91 Å². The van der Waals surface area contributed by atoms with Crippen molar-refractivity contribution in [1.82, 2.24) is 10.6 Å². The molecule has 1 aromatic rings. The lowest BCUT2D eigenvalue weighted by Gasteiger charge is -2.28. The van der Waals surface area contributed by atoms with Crippen molar-refractivity contribution in [1.29, 1.82) is 0 Å². The van der Waals surface area contributed by atoms with E-state index < -0.39 is 0 Å². The Kier molecular flexibility index (Phi) is 7.26. The molecule has 2 amide bonds. The van der Waals surface area contributed by atoms with Crippen LogP contribution in [0.5, 0.6) is 0 Å². The van der Waals surface area contributed by atoms with Crippen molar-refractivity contribution in [2.45, 2.75) is 45.1 Å². The van der Waals surface area contributed by atoms with Crippen molar-refractivity contribution in [3.63, 3.8) is 0 Å². The lowest BCUT2D eigenvalue weighted by Crippen LogP contribution is -2.34. The van der Waals surface area contributed by atoms with Crippen LogP contribution in [0.3, 0.4) is 0 Å². The molecule has 5 nitrogen and oxygen atoms in total. The average Bonchev–Trinajstić information content (AvgIpc) is 3.40. The Morgan fingerprint density at radius 3 is 2.52 bits per heavy atom. The number of piperidine rings is 1. The molecular weight excluding hydrogens is 338 g/mol. The summed E-state index contributed by atoms with van der Waals surface area (Å²) in [6.07, 6.45) is 5.09. The fourth-order valence-electron chi connectivity index (χ4n) is 3.24. The summed E-state index contributed by atoms with van der Waals surface area (Å²) >= 11 is 0. The predicted octanol–water partition coefficient (Wildman–Crippen LogP) is 2.96. The van der Waals surface area contributed by atoms with Gasteiger partial charge in [0.15, 0.2) is 0 Å². The van der Waals surface area contributed by atoms with Crippen molar-refractivity contribution >= 4 is 29.9 Å². The molecule has 1 saturated heterocycles. The van der Waals surface area contributed by atoms with Crippen LogP contribution in [0.15, 0.2) is 24.3 Å². The molecule has 2 unspecified atom stereocenters. The Balaban J connectivity index is 0.00000225. The zero-order valence-corrected chi connectivity index (χ0v) is 15.5. The van der Waals surface area contributed by atoms with Crippen molar-refractivity contribution < 1.29 is 9.59 Å². The molecule has 3 rings (SSSR count). The van der Waals surface area contributed by atoms with Gasteiger partial charge in [0.05, 0.1) is 0 Å². The van der Waals surface area contributed by atoms with Crippen molar-refractivity contribution in [3.8, 4) is 0 Å². The van der Waals surface area contributed by atoms with Crippen LogP contribution in [0.4, 0.5) is 5.69 Å². The molecule has 2 fully saturated rings. The monoisotopic (exact) mass is 365 g/mol. The quantitative estimate of drug-likeness (QED) is 0.725. The van der Waals surface area contributed by atoms with E-state index in [1.54, 1.807) is 24.3 Å². The first kappa shape index (κ1) is 19.7. The maximum absolute atomic E-state index is 12.2. The van der Waals surface area contributed by atoms with E-state index in [4.69, 9.17) is 0 Å². The third kappa shape index (κ3) is 6.01. The minimum absolute atomic E-state index is 0. The average molecular weight is 366 g/mol. The Morgan fingerprint density at radius 2 is 1.92 bits per heavy atom. The zero-order valence-electron chi connectivity index (χ0n) is 14.7. The van der Waals surface area contributed by atoms with Crippen LogP contribution in [0.2, 0.25) is 0 Å². The second-order valence-electron chi connectivity index (χ2n) is 7.16. The first-order valence-corrected chi connectivity index (χ1v) is 9.03. The molecule has 6 heteroatoms. The molecule has 138 valence electrons. The highest BCUT2D eigenvalue weighted by molar-refractivity contribution is 5.96. The predicted molar refractivity (Wildman–Crippen MR) is 102 cm³/mol. The molecule has 0 bridgehead atoms. The molecule has 0 spiro atoms. The zero-order chi connectivity index (χ0) is 16.9. The molecule has 25 heavy (non-hydrogen) atoms. The first-order chi connectivity index (χ1) is 11.6. The van der Waals surface area contributed by atoms with E-state index in [2.05, 4.69) is 22.9 Å². The lowest BCUT2D eigenvalue weighted by atomic mass is 9.85. The summed E-state index contributed by atoms with van der Waals surface area (Å²) in [4.78, 5) is 24.2. The molecule has 1 saturated carbocycles. The first-order valence-electron chi connectivity index (χ1n) is 9.03. The molecule has 1 aliphatic heterocycles. The van der Waals surface area contributed by atoms with Gasteiger partial charge in [-0.15, -0.1) is 12.4 Å². The van der Waals surface area contributed by atoms with Crippen molar-refractivity contribution in [2.75, 3.05) is 18.4 Å². The van der Waals surface area contributed by atoms with E-state index in [9.17, 15) is 9.59 Å². The van der Waals surface area contributed by atoms with Gasteiger partial charge in [-0.05, 0) is 74.9 Å². The van der Waals surface area contributed by atoms with Crippen molar-refractivity contribution in [3.05, 3.63) is 29.8 Å². The van der Waals surface area contributed by atoms with Gasteiger partial charge in [0, 0.05) is 23.7 Å². The topological polar surface area (TPSA) is 70.2 Å². The van der Waals surface area contributed by atoms with E-state index >= 15 is 0 Å². The Bertz CT molecular complexity index is 581. The third-order valence-corrected chi connectivity index (χ3v) is 4.99. The molecule has 0 aromatic heterocycles. The van der Waals surface area contributed by atoms with Crippen LogP contribution in [0.1, 0.15) is 49.4 Å². The van der Waals surface area contributed by atoms with Gasteiger partial charge >= 0.3 is 0 Å². The van der Waals surface area contributed by atoms with Crippen LogP contribution in [0, 0.1) is 11.8 Å². The summed E-state index contributed by atoms with van der Waals surface area (Å²) in [6, 6.07) is 7.48. The lowest BCUT2D eigenvalue weighted by molar-refractivity contribution is -0.117. The van der Waals surface area contributed by atoms with E-state index in [-0.39, 0.29) is 24.2 Å². The van der Waals surface area contributed by atoms with Gasteiger partial charge in [0.1, 0.15) is 0 Å². The van der Waals surface area contributed by atoms with E-state index in [1.165, 1.54) is 12.8 Å². The number of hydrogen-bond donors (Lipinski definition) is 3. The second kappa shape index (κ2) is 9.20. The maximum atomic E-state index is 12.2. The standard InChI is InChI=1S/C19H27N3O2.ClH/c1-13(15-3-2-10-20-12-15)11-18(23)21-16-6-4-14(5-7-16)19(24)22-17-8-9-17;/h4-7,13,15,17,20H,2-3,8-12H2,1H3,(H,21,23)(H,22,24);1H. The summed E-state index contributed by atoms with van der Waals surface area (Å²) in [6.45, 7) is 4.26. The van der Waals surface area contributed by atoms with Gasteiger partial charge in [-0.3, -0.25) is 9.59 Å². The van der Waals surface area contributed by atoms with E-state index in [1.807, 2.05) is 0 Å². The number of anilines is 1. The summed E-state index contributed by atoms with van der Waals surface area (Å²) < 4.78 is 0. The van der Waals surface area contributed by atoms with E-state index in [0.29, 0.717) is 29.9 Å². The van der Waals surface area contributed by atoms with Gasteiger partial charge in [-0.25, -0.2) is 0 Å². The van der Waals surface area contributed by atoms with Crippen LogP contribution < -0.4 is 16.0 Å². The summed E-state index contributed by atoms with van der Waals surface area (Å²) in [7, 11) is 0. The minimum atomic E-state index is -0.0335. The second-order valence-corrected chi connectivity index (χ2v) is 7.16. The van der Waals surface area contributed by atoms with Gasteiger partial charge in [-0.2, -0.15) is 0 Å². The Labute approximate surface area is 155 Å². The third-order valence-electron chi connectivity index (χ3n) is 4.99. The molecule has 1 heterocycles. The van der Waals surface area contributed by atoms with Crippen LogP contribution in [0.25, 0.3) is 0 Å². The van der Waals surface area contributed by atoms with Crippen molar-refractivity contribution in [2.24, 2.45) is 11.8 Å². The fourth-order valence-corrected chi connectivity index (χ4v) is 3.24. The fraction of sp³-hybridized carbons (Fsp3) is 0.579. The number of hydrogen-bond acceptors (Lipinski definition) is 3. The highest BCUT2D eigenvalue weighted by Crippen LogP contribution is 2.23. The largest absolute Gasteiger partial charge is 0.349 e. The van der Waals surface area contributed by atoms with Gasteiger partial charge in [-0.1, -0.05) is 6.92 Å². The molecule has 0 radical (unpaired) electrons. The normalized spacial score (nSPS) is 20.9. The van der Waals surface area contributed by atoms with Gasteiger partial charge in [0.25, 0.3) is 5.91 Å². The number of carbonyl (C=O) groups excluding carboxylic acids is 2.